The molecule has 0 atom stereocenters. The predicted molar refractivity (Wildman–Crippen MR) is 125 cm³/mol. The minimum absolute atomic E-state index is 0.128. The molecule has 0 fully saturated rings. The second-order valence-electron chi connectivity index (χ2n) is 7.72. The van der Waals surface area contributed by atoms with E-state index in [2.05, 4.69) is 102 Å². The molecule has 0 spiro atoms. The molecular weight excluding hydrogens is 431 g/mol. The average molecular weight is 457 g/mol. The first-order valence-corrected chi connectivity index (χ1v) is 13.7. The van der Waals surface area contributed by atoms with Crippen LogP contribution in [-0.2, 0) is 4.79 Å². The van der Waals surface area contributed by atoms with Crippen LogP contribution in [0.5, 0.6) is 0 Å². The summed E-state index contributed by atoms with van der Waals surface area (Å²) >= 11 is 4.43. The second-order valence-corrected chi connectivity index (χ2v) is 16.8. The summed E-state index contributed by atoms with van der Waals surface area (Å²) in [4.78, 5) is 11.5. The molecule has 28 heavy (non-hydrogen) atoms. The van der Waals surface area contributed by atoms with Crippen molar-refractivity contribution in [1.82, 2.24) is 0 Å². The van der Waals surface area contributed by atoms with Gasteiger partial charge in [-0.05, 0) is 0 Å². The van der Waals surface area contributed by atoms with Gasteiger partial charge in [-0.15, -0.1) is 0 Å². The van der Waals surface area contributed by atoms with E-state index in [1.165, 1.54) is 15.9 Å². The summed E-state index contributed by atoms with van der Waals surface area (Å²) in [5, 5.41) is 9.54. The van der Waals surface area contributed by atoms with E-state index in [-0.39, 0.29) is 11.6 Å². The molecule has 2 nitrogen and oxygen atoms in total. The van der Waals surface area contributed by atoms with Crippen LogP contribution in [-0.4, -0.2) is 16.2 Å². The Morgan fingerprint density at radius 2 is 1.11 bits per heavy atom. The van der Waals surface area contributed by atoms with Gasteiger partial charge in [0.05, 0.1) is 0 Å². The van der Waals surface area contributed by atoms with Crippen LogP contribution in [0.25, 0.3) is 0 Å². The van der Waals surface area contributed by atoms with Gasteiger partial charge in [-0.3, -0.25) is 0 Å². The molecule has 0 saturated carbocycles. The van der Waals surface area contributed by atoms with E-state index in [0.717, 1.165) is 0 Å². The van der Waals surface area contributed by atoms with Crippen molar-refractivity contribution in [3.63, 3.8) is 0 Å². The molecule has 4 heteroatoms. The normalized spacial score (nSPS) is 13.5. The monoisotopic (exact) mass is 456 g/mol. The van der Waals surface area contributed by atoms with Gasteiger partial charge in [0.1, 0.15) is 0 Å². The zero-order valence-corrected chi connectivity index (χ0v) is 18.7. The molecule has 3 rings (SSSR count). The fourth-order valence-corrected chi connectivity index (χ4v) is 12.6. The molecule has 0 aliphatic heterocycles. The van der Waals surface area contributed by atoms with Gasteiger partial charge in [0.15, 0.2) is 0 Å². The van der Waals surface area contributed by atoms with Crippen LogP contribution >= 0.6 is 20.8 Å². The molecule has 3 aromatic rings. The Kier molecular flexibility index (Phi) is 5.79. The Balaban J connectivity index is 2.46. The van der Waals surface area contributed by atoms with Crippen LogP contribution < -0.4 is 15.9 Å². The molecular formula is C24H26BrO2P. The molecule has 0 radical (unpaired) electrons. The molecule has 3 aromatic carbocycles. The van der Waals surface area contributed by atoms with Crippen LogP contribution in [0.15, 0.2) is 91.0 Å². The van der Waals surface area contributed by atoms with Gasteiger partial charge in [0.25, 0.3) is 0 Å². The Labute approximate surface area is 175 Å². The third-order valence-electron chi connectivity index (χ3n) is 5.81. The quantitative estimate of drug-likeness (QED) is 0.478. The topological polar surface area (TPSA) is 37.3 Å². The molecule has 0 amide bonds. The van der Waals surface area contributed by atoms with Gasteiger partial charge in [0.2, 0.25) is 0 Å². The van der Waals surface area contributed by atoms with Crippen molar-refractivity contribution in [2.24, 2.45) is 0 Å². The van der Waals surface area contributed by atoms with Crippen molar-refractivity contribution >= 4 is 42.7 Å². The summed E-state index contributed by atoms with van der Waals surface area (Å²) in [7, 11) is 0. The van der Waals surface area contributed by atoms with Crippen molar-refractivity contribution in [2.45, 2.75) is 31.8 Å². The van der Waals surface area contributed by atoms with Gasteiger partial charge < -0.3 is 0 Å². The number of benzene rings is 3. The number of aliphatic carboxylic acids is 1. The van der Waals surface area contributed by atoms with Crippen molar-refractivity contribution in [3.8, 4) is 0 Å². The van der Waals surface area contributed by atoms with Crippen molar-refractivity contribution < 1.29 is 9.90 Å². The molecule has 146 valence electrons. The van der Waals surface area contributed by atoms with E-state index in [1.807, 2.05) is 18.2 Å². The fraction of sp³-hybridized carbons (Fsp3) is 0.208. The van der Waals surface area contributed by atoms with E-state index >= 15 is 0 Å². The van der Waals surface area contributed by atoms with E-state index in [9.17, 15) is 9.90 Å². The van der Waals surface area contributed by atoms with Crippen LogP contribution in [0.3, 0.4) is 0 Å². The maximum absolute atomic E-state index is 11.5. The standard InChI is InChI=1S/C24H26BrO2P/c1-24(2,19-18-23(26)27)28(25,20-12-6-3-7-13-20,21-14-8-4-9-15-21)22-16-10-5-11-17-22/h3-17H,18-19H2,1-2H3,(H,26,27). The number of carboxylic acids is 1. The van der Waals surface area contributed by atoms with Crippen LogP contribution in [0.1, 0.15) is 26.7 Å². The number of halogens is 1. The molecule has 0 saturated heterocycles. The van der Waals surface area contributed by atoms with E-state index in [0.29, 0.717) is 6.42 Å². The predicted octanol–water partition coefficient (Wildman–Crippen LogP) is 5.47. The Morgan fingerprint density at radius 1 is 0.786 bits per heavy atom. The Hall–Kier alpha value is -1.96. The van der Waals surface area contributed by atoms with Gasteiger partial charge in [-0.2, -0.15) is 0 Å². The molecule has 1 N–H and O–H groups in total. The zero-order valence-electron chi connectivity index (χ0n) is 16.3. The first kappa shape index (κ1) is 20.8. The SMILES string of the molecule is CC(C)(CCC(=O)O)P(Br)(c1ccccc1)(c1ccccc1)c1ccccc1. The number of carboxylic acid groups (broad SMARTS) is 1. The van der Waals surface area contributed by atoms with Crippen molar-refractivity contribution in [2.75, 3.05) is 0 Å². The number of hydrogen-bond donors (Lipinski definition) is 1. The molecule has 0 unspecified atom stereocenters. The van der Waals surface area contributed by atoms with Gasteiger partial charge >= 0.3 is 175 Å². The third-order valence-corrected chi connectivity index (χ3v) is 18.7. The van der Waals surface area contributed by atoms with Crippen LogP contribution in [0.4, 0.5) is 0 Å². The van der Waals surface area contributed by atoms with Crippen molar-refractivity contribution in [3.05, 3.63) is 91.0 Å². The average Bonchev–Trinajstić information content (AvgIpc) is 2.73. The van der Waals surface area contributed by atoms with Crippen LogP contribution in [0, 0.1) is 0 Å². The fourth-order valence-electron chi connectivity index (χ4n) is 4.24. The second kappa shape index (κ2) is 7.81. The number of rotatable bonds is 7. The van der Waals surface area contributed by atoms with E-state index in [1.54, 1.807) is 0 Å². The molecule has 0 aliphatic carbocycles. The Bertz CT molecular complexity index is 841. The minimum atomic E-state index is -3.19. The third kappa shape index (κ3) is 3.11. The summed E-state index contributed by atoms with van der Waals surface area (Å²) in [5.74, 6) is -0.764. The molecule has 0 aromatic heterocycles. The van der Waals surface area contributed by atoms with Gasteiger partial charge in [-0.25, -0.2) is 0 Å². The van der Waals surface area contributed by atoms with Gasteiger partial charge in [-0.1, -0.05) is 0 Å². The molecule has 0 heterocycles. The summed E-state index contributed by atoms with van der Waals surface area (Å²) in [5.41, 5.74) is 0. The summed E-state index contributed by atoms with van der Waals surface area (Å²) in [6.45, 7) is 4.41. The summed E-state index contributed by atoms with van der Waals surface area (Å²) < 4.78 is 0. The first-order valence-electron chi connectivity index (χ1n) is 9.43. The summed E-state index contributed by atoms with van der Waals surface area (Å²) in [6, 6.07) is 31.5. The van der Waals surface area contributed by atoms with E-state index < -0.39 is 11.3 Å². The Morgan fingerprint density at radius 3 is 1.39 bits per heavy atom. The van der Waals surface area contributed by atoms with Crippen LogP contribution in [0.2, 0.25) is 0 Å². The summed E-state index contributed by atoms with van der Waals surface area (Å²) in [6.07, 6.45) is 0.688. The number of hydrogen-bond acceptors (Lipinski definition) is 1. The molecule has 0 aliphatic rings. The number of carbonyl (C=O) groups is 1. The van der Waals surface area contributed by atoms with Crippen molar-refractivity contribution in [1.29, 1.82) is 0 Å². The zero-order chi connectivity index (χ0) is 20.3. The van der Waals surface area contributed by atoms with E-state index in [4.69, 9.17) is 0 Å². The molecule has 0 bridgehead atoms. The maximum atomic E-state index is 11.5. The first-order chi connectivity index (χ1) is 13.3. The van der Waals surface area contributed by atoms with Gasteiger partial charge in [0, 0.05) is 0 Å².